The molecule has 0 spiro atoms. The van der Waals surface area contributed by atoms with Crippen molar-refractivity contribution in [2.45, 2.75) is 6.10 Å². The molecule has 5 heteroatoms. The van der Waals surface area contributed by atoms with Gasteiger partial charge < -0.3 is 10.8 Å². The van der Waals surface area contributed by atoms with Crippen molar-refractivity contribution in [2.75, 3.05) is 5.73 Å². The molecule has 0 aliphatic carbocycles. The SMILES string of the molecule is Nc1ncccc1C(O)c1nccs1. The van der Waals surface area contributed by atoms with Crippen molar-refractivity contribution < 1.29 is 5.11 Å². The van der Waals surface area contributed by atoms with Gasteiger partial charge >= 0.3 is 0 Å². The maximum absolute atomic E-state index is 9.89. The molecule has 0 aliphatic rings. The highest BCUT2D eigenvalue weighted by Crippen LogP contribution is 2.25. The van der Waals surface area contributed by atoms with Crippen LogP contribution in [0.2, 0.25) is 0 Å². The third kappa shape index (κ3) is 1.59. The van der Waals surface area contributed by atoms with E-state index in [1.807, 2.05) is 5.38 Å². The summed E-state index contributed by atoms with van der Waals surface area (Å²) in [5, 5.41) is 12.3. The number of aromatic nitrogens is 2. The minimum atomic E-state index is -0.774. The molecule has 0 saturated heterocycles. The number of aliphatic hydroxyl groups is 1. The highest BCUT2D eigenvalue weighted by Gasteiger charge is 2.15. The first kappa shape index (κ1) is 9.11. The van der Waals surface area contributed by atoms with Gasteiger partial charge in [0.1, 0.15) is 16.9 Å². The Balaban J connectivity index is 2.37. The minimum absolute atomic E-state index is 0.343. The Bertz CT molecular complexity index is 416. The Kier molecular flexibility index (Phi) is 2.43. The second-order valence-electron chi connectivity index (χ2n) is 2.75. The van der Waals surface area contributed by atoms with Gasteiger partial charge in [-0.15, -0.1) is 11.3 Å². The van der Waals surface area contributed by atoms with E-state index in [-0.39, 0.29) is 0 Å². The lowest BCUT2D eigenvalue weighted by Gasteiger charge is -2.08. The van der Waals surface area contributed by atoms with E-state index in [4.69, 9.17) is 5.73 Å². The van der Waals surface area contributed by atoms with Crippen molar-refractivity contribution >= 4 is 17.2 Å². The zero-order valence-electron chi connectivity index (χ0n) is 7.29. The van der Waals surface area contributed by atoms with E-state index >= 15 is 0 Å². The van der Waals surface area contributed by atoms with Gasteiger partial charge in [-0.3, -0.25) is 0 Å². The van der Waals surface area contributed by atoms with Crippen LogP contribution in [0.3, 0.4) is 0 Å². The van der Waals surface area contributed by atoms with Gasteiger partial charge in [-0.05, 0) is 6.07 Å². The fourth-order valence-corrected chi connectivity index (χ4v) is 1.80. The highest BCUT2D eigenvalue weighted by molar-refractivity contribution is 7.09. The van der Waals surface area contributed by atoms with E-state index in [0.717, 1.165) is 0 Å². The third-order valence-electron chi connectivity index (χ3n) is 1.85. The van der Waals surface area contributed by atoms with Crippen molar-refractivity contribution in [2.24, 2.45) is 0 Å². The molecule has 0 saturated carbocycles. The molecule has 1 atom stereocenters. The van der Waals surface area contributed by atoms with Crippen LogP contribution in [-0.4, -0.2) is 15.1 Å². The maximum Gasteiger partial charge on any atom is 0.134 e. The van der Waals surface area contributed by atoms with Crippen molar-refractivity contribution in [3.05, 3.63) is 40.5 Å². The van der Waals surface area contributed by atoms with Gasteiger partial charge in [0.05, 0.1) is 0 Å². The standard InChI is InChI=1S/C9H9N3OS/c10-8-6(2-1-3-11-8)7(13)9-12-4-5-14-9/h1-5,7,13H,(H2,10,11). The summed E-state index contributed by atoms with van der Waals surface area (Å²) in [7, 11) is 0. The summed E-state index contributed by atoms with van der Waals surface area (Å²) >= 11 is 1.39. The van der Waals surface area contributed by atoms with Gasteiger partial charge in [0, 0.05) is 23.3 Å². The summed E-state index contributed by atoms with van der Waals surface area (Å²) < 4.78 is 0. The molecule has 0 fully saturated rings. The molecular weight excluding hydrogens is 198 g/mol. The van der Waals surface area contributed by atoms with Crippen LogP contribution in [0.15, 0.2) is 29.9 Å². The van der Waals surface area contributed by atoms with E-state index in [0.29, 0.717) is 16.4 Å². The second-order valence-corrected chi connectivity index (χ2v) is 3.68. The van der Waals surface area contributed by atoms with Crippen LogP contribution in [0.1, 0.15) is 16.7 Å². The summed E-state index contributed by atoms with van der Waals surface area (Å²) in [5.74, 6) is 0.343. The minimum Gasteiger partial charge on any atom is -0.383 e. The van der Waals surface area contributed by atoms with Gasteiger partial charge in [0.15, 0.2) is 0 Å². The summed E-state index contributed by atoms with van der Waals surface area (Å²) in [6.45, 7) is 0. The number of nitrogen functional groups attached to an aromatic ring is 1. The van der Waals surface area contributed by atoms with Gasteiger partial charge in [-0.25, -0.2) is 9.97 Å². The fourth-order valence-electron chi connectivity index (χ4n) is 1.16. The Morgan fingerprint density at radius 2 is 2.21 bits per heavy atom. The molecule has 3 N–H and O–H groups in total. The Morgan fingerprint density at radius 1 is 1.36 bits per heavy atom. The number of thiazole rings is 1. The van der Waals surface area contributed by atoms with Crippen molar-refractivity contribution in [1.29, 1.82) is 0 Å². The number of anilines is 1. The molecule has 2 rings (SSSR count). The molecule has 0 aliphatic heterocycles. The quantitative estimate of drug-likeness (QED) is 0.776. The highest BCUT2D eigenvalue weighted by atomic mass is 32.1. The topological polar surface area (TPSA) is 72.0 Å². The van der Waals surface area contributed by atoms with Crippen molar-refractivity contribution in [1.82, 2.24) is 9.97 Å². The van der Waals surface area contributed by atoms with E-state index in [1.54, 1.807) is 24.5 Å². The Labute approximate surface area is 85.1 Å². The molecule has 72 valence electrons. The lowest BCUT2D eigenvalue weighted by molar-refractivity contribution is 0.220. The molecule has 2 aromatic rings. The van der Waals surface area contributed by atoms with Crippen LogP contribution in [-0.2, 0) is 0 Å². The van der Waals surface area contributed by atoms with Crippen LogP contribution in [0.5, 0.6) is 0 Å². The molecule has 2 aromatic heterocycles. The predicted octanol–water partition coefficient (Wildman–Crippen LogP) is 1.20. The summed E-state index contributed by atoms with van der Waals surface area (Å²) in [6, 6.07) is 3.48. The molecule has 14 heavy (non-hydrogen) atoms. The number of hydrogen-bond acceptors (Lipinski definition) is 5. The predicted molar refractivity (Wildman–Crippen MR) is 54.8 cm³/mol. The summed E-state index contributed by atoms with van der Waals surface area (Å²) in [5.41, 5.74) is 6.23. The van der Waals surface area contributed by atoms with E-state index in [9.17, 15) is 5.11 Å². The first-order chi connectivity index (χ1) is 6.79. The number of pyridine rings is 1. The molecule has 0 bridgehead atoms. The van der Waals surface area contributed by atoms with Gasteiger partial charge in [-0.1, -0.05) is 6.07 Å². The van der Waals surface area contributed by atoms with Crippen LogP contribution < -0.4 is 5.73 Å². The molecule has 1 unspecified atom stereocenters. The van der Waals surface area contributed by atoms with Crippen LogP contribution in [0.25, 0.3) is 0 Å². The number of aliphatic hydroxyl groups excluding tert-OH is 1. The average molecular weight is 207 g/mol. The van der Waals surface area contributed by atoms with Crippen LogP contribution >= 0.6 is 11.3 Å². The smallest absolute Gasteiger partial charge is 0.134 e. The number of nitrogens with zero attached hydrogens (tertiary/aromatic N) is 2. The lowest BCUT2D eigenvalue weighted by Crippen LogP contribution is -2.04. The Morgan fingerprint density at radius 3 is 2.86 bits per heavy atom. The molecular formula is C9H9N3OS. The number of nitrogens with two attached hydrogens (primary N) is 1. The van der Waals surface area contributed by atoms with Crippen LogP contribution in [0.4, 0.5) is 5.82 Å². The fraction of sp³-hybridized carbons (Fsp3) is 0.111. The van der Waals surface area contributed by atoms with E-state index in [2.05, 4.69) is 9.97 Å². The molecule has 0 amide bonds. The molecule has 0 radical (unpaired) electrons. The first-order valence-corrected chi connectivity index (χ1v) is 4.95. The number of rotatable bonds is 2. The average Bonchev–Trinajstić information content (AvgIpc) is 2.70. The first-order valence-electron chi connectivity index (χ1n) is 4.07. The maximum atomic E-state index is 9.89. The van der Waals surface area contributed by atoms with Gasteiger partial charge in [0.25, 0.3) is 0 Å². The number of hydrogen-bond donors (Lipinski definition) is 2. The van der Waals surface area contributed by atoms with Crippen LogP contribution in [0, 0.1) is 0 Å². The second kappa shape index (κ2) is 3.73. The summed E-state index contributed by atoms with van der Waals surface area (Å²) in [4.78, 5) is 7.92. The van der Waals surface area contributed by atoms with E-state index in [1.165, 1.54) is 11.3 Å². The largest absolute Gasteiger partial charge is 0.383 e. The zero-order chi connectivity index (χ0) is 9.97. The summed E-state index contributed by atoms with van der Waals surface area (Å²) in [6.07, 6.45) is 2.46. The molecule has 0 aromatic carbocycles. The van der Waals surface area contributed by atoms with Crippen molar-refractivity contribution in [3.8, 4) is 0 Å². The zero-order valence-corrected chi connectivity index (χ0v) is 8.11. The third-order valence-corrected chi connectivity index (χ3v) is 2.68. The Hall–Kier alpha value is -1.46. The van der Waals surface area contributed by atoms with Crippen molar-refractivity contribution in [3.63, 3.8) is 0 Å². The normalized spacial score (nSPS) is 12.6. The monoisotopic (exact) mass is 207 g/mol. The van der Waals surface area contributed by atoms with Gasteiger partial charge in [-0.2, -0.15) is 0 Å². The molecule has 2 heterocycles. The van der Waals surface area contributed by atoms with E-state index < -0.39 is 6.10 Å². The lowest BCUT2D eigenvalue weighted by atomic mass is 10.1. The van der Waals surface area contributed by atoms with Gasteiger partial charge in [0.2, 0.25) is 0 Å². The molecule has 4 nitrogen and oxygen atoms in total.